The van der Waals surface area contributed by atoms with Crippen molar-refractivity contribution in [2.75, 3.05) is 14.2 Å². The Hall–Kier alpha value is -5.12. The van der Waals surface area contributed by atoms with E-state index in [-0.39, 0.29) is 16.7 Å². The number of fused-ring (bicyclic) bond motifs is 3. The summed E-state index contributed by atoms with van der Waals surface area (Å²) in [5, 5.41) is 19.1. The van der Waals surface area contributed by atoms with E-state index >= 15 is 0 Å². The molecule has 0 aliphatic heterocycles. The molecular weight excluding hydrogens is 432 g/mol. The lowest BCUT2D eigenvalue weighted by atomic mass is 9.97. The van der Waals surface area contributed by atoms with E-state index in [4.69, 9.17) is 9.47 Å². The SMILES string of the molecule is COc1cc2c(cc1OC)C#Cc1cc(C(=O)O)c(C(=O)O)cc1C#Cc1ccccc1C#C2. The summed E-state index contributed by atoms with van der Waals surface area (Å²) in [6.07, 6.45) is 0. The van der Waals surface area contributed by atoms with Crippen LogP contribution in [0.1, 0.15) is 54.1 Å². The number of aromatic carboxylic acids is 2. The normalized spacial score (nSPS) is 10.5. The second-order valence-corrected chi connectivity index (χ2v) is 7.10. The van der Waals surface area contributed by atoms with E-state index in [1.54, 1.807) is 18.2 Å². The number of carboxylic acids is 2. The fourth-order valence-corrected chi connectivity index (χ4v) is 3.35. The van der Waals surface area contributed by atoms with Crippen LogP contribution in [0.5, 0.6) is 11.5 Å². The molecule has 0 aromatic heterocycles. The summed E-state index contributed by atoms with van der Waals surface area (Å²) in [6, 6.07) is 13.1. The Morgan fingerprint density at radius 2 is 0.912 bits per heavy atom. The molecule has 1 aliphatic rings. The lowest BCUT2D eigenvalue weighted by Crippen LogP contribution is -2.09. The highest BCUT2D eigenvalue weighted by atomic mass is 16.5. The minimum atomic E-state index is -1.37. The summed E-state index contributed by atoms with van der Waals surface area (Å²) in [5.41, 5.74) is 2.25. The molecule has 0 amide bonds. The van der Waals surface area contributed by atoms with Crippen molar-refractivity contribution in [3.8, 4) is 47.0 Å². The molecule has 0 spiro atoms. The van der Waals surface area contributed by atoms with E-state index in [2.05, 4.69) is 35.5 Å². The van der Waals surface area contributed by atoms with Crippen molar-refractivity contribution in [2.45, 2.75) is 0 Å². The van der Waals surface area contributed by atoms with Gasteiger partial charge in [0.15, 0.2) is 11.5 Å². The van der Waals surface area contributed by atoms with Gasteiger partial charge >= 0.3 is 11.9 Å². The Kier molecular flexibility index (Phi) is 5.95. The summed E-state index contributed by atoms with van der Waals surface area (Å²) >= 11 is 0. The van der Waals surface area contributed by atoms with Crippen LogP contribution in [-0.4, -0.2) is 36.4 Å². The molecule has 0 heterocycles. The molecule has 0 atom stereocenters. The van der Waals surface area contributed by atoms with Crippen LogP contribution in [0.15, 0.2) is 48.5 Å². The molecule has 0 saturated heterocycles. The first kappa shape index (κ1) is 22.1. The van der Waals surface area contributed by atoms with E-state index in [1.807, 2.05) is 18.2 Å². The molecule has 3 aromatic rings. The maximum absolute atomic E-state index is 11.7. The number of ether oxygens (including phenoxy) is 2. The van der Waals surface area contributed by atoms with Gasteiger partial charge in [0.05, 0.1) is 25.3 Å². The Labute approximate surface area is 195 Å². The van der Waals surface area contributed by atoms with Gasteiger partial charge in [0.1, 0.15) is 0 Å². The molecule has 0 bridgehead atoms. The Morgan fingerprint density at radius 3 is 1.24 bits per heavy atom. The van der Waals surface area contributed by atoms with E-state index in [9.17, 15) is 19.8 Å². The van der Waals surface area contributed by atoms with E-state index in [0.29, 0.717) is 39.3 Å². The number of methoxy groups -OCH3 is 2. The monoisotopic (exact) mass is 448 g/mol. The summed E-state index contributed by atoms with van der Waals surface area (Å²) in [7, 11) is 3.03. The van der Waals surface area contributed by atoms with Crippen molar-refractivity contribution in [1.82, 2.24) is 0 Å². The van der Waals surface area contributed by atoms with Crippen LogP contribution in [0, 0.1) is 35.5 Å². The van der Waals surface area contributed by atoms with Gasteiger partial charge in [-0.1, -0.05) is 47.7 Å². The molecule has 34 heavy (non-hydrogen) atoms. The first-order chi connectivity index (χ1) is 16.4. The lowest BCUT2D eigenvalue weighted by molar-refractivity contribution is 0.0651. The van der Waals surface area contributed by atoms with Gasteiger partial charge in [-0.15, -0.1) is 0 Å². The van der Waals surface area contributed by atoms with Crippen LogP contribution in [0.25, 0.3) is 0 Å². The third kappa shape index (κ3) is 4.28. The fraction of sp³-hybridized carbons (Fsp3) is 0.0714. The predicted octanol–water partition coefficient (Wildman–Crippen LogP) is 3.61. The maximum atomic E-state index is 11.7. The average Bonchev–Trinajstić information content (AvgIpc) is 2.84. The van der Waals surface area contributed by atoms with Gasteiger partial charge in [-0.05, 0) is 24.3 Å². The van der Waals surface area contributed by atoms with Crippen molar-refractivity contribution in [3.63, 3.8) is 0 Å². The first-order valence-corrected chi connectivity index (χ1v) is 9.97. The van der Waals surface area contributed by atoms with Gasteiger partial charge in [0.2, 0.25) is 0 Å². The average molecular weight is 448 g/mol. The summed E-state index contributed by atoms with van der Waals surface area (Å²) in [5.74, 6) is 16.3. The molecule has 0 radical (unpaired) electrons. The quantitative estimate of drug-likeness (QED) is 0.464. The van der Waals surface area contributed by atoms with Crippen molar-refractivity contribution in [3.05, 3.63) is 93.0 Å². The summed E-state index contributed by atoms with van der Waals surface area (Å²) in [4.78, 5) is 23.4. The number of hydrogen-bond acceptors (Lipinski definition) is 4. The molecule has 0 unspecified atom stereocenters. The van der Waals surface area contributed by atoms with Gasteiger partial charge < -0.3 is 19.7 Å². The highest BCUT2D eigenvalue weighted by molar-refractivity contribution is 6.02. The van der Waals surface area contributed by atoms with Gasteiger partial charge in [-0.2, -0.15) is 0 Å². The van der Waals surface area contributed by atoms with Crippen LogP contribution in [0.2, 0.25) is 0 Å². The summed E-state index contributed by atoms with van der Waals surface area (Å²) in [6.45, 7) is 0. The van der Waals surface area contributed by atoms with Crippen molar-refractivity contribution in [1.29, 1.82) is 0 Å². The van der Waals surface area contributed by atoms with Crippen LogP contribution in [0.4, 0.5) is 0 Å². The summed E-state index contributed by atoms with van der Waals surface area (Å²) < 4.78 is 10.8. The number of hydrogen-bond donors (Lipinski definition) is 2. The molecule has 6 nitrogen and oxygen atoms in total. The first-order valence-electron chi connectivity index (χ1n) is 9.97. The molecule has 3 aromatic carbocycles. The molecule has 2 N–H and O–H groups in total. The predicted molar refractivity (Wildman–Crippen MR) is 124 cm³/mol. The minimum absolute atomic E-state index is 0.279. The second-order valence-electron chi connectivity index (χ2n) is 7.10. The largest absolute Gasteiger partial charge is 0.493 e. The van der Waals surface area contributed by atoms with Crippen LogP contribution >= 0.6 is 0 Å². The molecule has 6 heteroatoms. The van der Waals surface area contributed by atoms with Crippen molar-refractivity contribution in [2.24, 2.45) is 0 Å². The van der Waals surface area contributed by atoms with Gasteiger partial charge in [-0.25, -0.2) is 9.59 Å². The number of benzene rings is 3. The zero-order valence-electron chi connectivity index (χ0n) is 18.1. The van der Waals surface area contributed by atoms with Gasteiger partial charge in [0.25, 0.3) is 0 Å². The molecule has 0 fully saturated rings. The van der Waals surface area contributed by atoms with Crippen LogP contribution in [-0.2, 0) is 0 Å². The zero-order chi connectivity index (χ0) is 24.2. The van der Waals surface area contributed by atoms with Crippen LogP contribution < -0.4 is 9.47 Å². The molecule has 1 aliphatic carbocycles. The minimum Gasteiger partial charge on any atom is -0.493 e. The smallest absolute Gasteiger partial charge is 0.336 e. The Balaban J connectivity index is 2.08. The Bertz CT molecular complexity index is 1550. The number of carbonyl (C=O) groups is 2. The third-order valence-corrected chi connectivity index (χ3v) is 5.06. The number of rotatable bonds is 4. The van der Waals surface area contributed by atoms with E-state index < -0.39 is 11.9 Å². The lowest BCUT2D eigenvalue weighted by Gasteiger charge is -2.10. The second kappa shape index (κ2) is 9.17. The topological polar surface area (TPSA) is 93.1 Å². The van der Waals surface area contributed by atoms with Gasteiger partial charge in [0, 0.05) is 45.5 Å². The highest BCUT2D eigenvalue weighted by Crippen LogP contribution is 2.30. The molecular formula is C28H16O6. The Morgan fingerprint density at radius 1 is 0.588 bits per heavy atom. The van der Waals surface area contributed by atoms with E-state index in [0.717, 1.165) is 0 Å². The fourth-order valence-electron chi connectivity index (χ4n) is 3.35. The maximum Gasteiger partial charge on any atom is 0.336 e. The van der Waals surface area contributed by atoms with Crippen molar-refractivity contribution < 1.29 is 29.3 Å². The number of carboxylic acid groups (broad SMARTS) is 2. The highest BCUT2D eigenvalue weighted by Gasteiger charge is 2.19. The standard InChI is InChI=1S/C28H16O6/c1-33-25-15-21-10-8-18-6-4-3-5-17(18)7-9-19-13-23(27(29)30)24(28(31)32)14-20(19)11-12-22(21)16-26(25)34-2/h3-6,13-16H,1-2H3,(H,29,30)(H,31,32). The molecule has 4 rings (SSSR count). The zero-order valence-corrected chi connectivity index (χ0v) is 18.1. The van der Waals surface area contributed by atoms with Crippen LogP contribution in [0.3, 0.4) is 0 Å². The van der Waals surface area contributed by atoms with E-state index in [1.165, 1.54) is 26.4 Å². The van der Waals surface area contributed by atoms with Crippen molar-refractivity contribution >= 4 is 11.9 Å². The molecule has 0 saturated carbocycles. The molecule has 164 valence electrons. The third-order valence-electron chi connectivity index (χ3n) is 5.06. The van der Waals surface area contributed by atoms with Gasteiger partial charge in [-0.3, -0.25) is 0 Å².